The molecule has 0 amide bonds. The number of imidazole rings is 1. The highest BCUT2D eigenvalue weighted by Gasteiger charge is 2.35. The van der Waals surface area contributed by atoms with E-state index < -0.39 is 17.4 Å². The first-order chi connectivity index (χ1) is 9.88. The van der Waals surface area contributed by atoms with E-state index in [-0.39, 0.29) is 23.6 Å². The number of hydrogen-bond acceptors (Lipinski definition) is 2. The van der Waals surface area contributed by atoms with Crippen molar-refractivity contribution in [3.63, 3.8) is 0 Å². The molecule has 2 aromatic rings. The first kappa shape index (κ1) is 14.2. The monoisotopic (exact) mass is 299 g/mol. The van der Waals surface area contributed by atoms with Gasteiger partial charge in [0.1, 0.15) is 0 Å². The lowest BCUT2D eigenvalue weighted by atomic mass is 10.1. The van der Waals surface area contributed by atoms with Crippen molar-refractivity contribution in [1.82, 2.24) is 14.5 Å². The summed E-state index contributed by atoms with van der Waals surface area (Å²) in [5.41, 5.74) is -1.06. The minimum absolute atomic E-state index is 0.0460. The van der Waals surface area contributed by atoms with E-state index in [1.54, 1.807) is 0 Å². The van der Waals surface area contributed by atoms with Gasteiger partial charge >= 0.3 is 11.9 Å². The molecule has 1 aromatic carbocycles. The summed E-state index contributed by atoms with van der Waals surface area (Å²) in [7, 11) is 1.93. The number of nitrogens with zero attached hydrogens (tertiary/aromatic N) is 2. The third kappa shape index (κ3) is 2.46. The Bertz CT molecular complexity index is 716. The maximum atomic E-state index is 13.2. The number of rotatable bonds is 2. The molecule has 21 heavy (non-hydrogen) atoms. The maximum absolute atomic E-state index is 13.2. The highest BCUT2D eigenvalue weighted by atomic mass is 19.4. The lowest BCUT2D eigenvalue weighted by Gasteiger charge is -2.20. The number of aromatic nitrogens is 2. The summed E-state index contributed by atoms with van der Waals surface area (Å²) in [4.78, 5) is 16.6. The zero-order valence-corrected chi connectivity index (χ0v) is 11.6. The minimum Gasteiger partial charge on any atom is -0.306 e. The normalized spacial score (nSPS) is 20.5. The van der Waals surface area contributed by atoms with Crippen molar-refractivity contribution in [3.05, 3.63) is 34.2 Å². The van der Waals surface area contributed by atoms with E-state index in [1.807, 2.05) is 7.05 Å². The number of halogens is 3. The largest absolute Gasteiger partial charge is 0.418 e. The second-order valence-corrected chi connectivity index (χ2v) is 5.52. The lowest BCUT2D eigenvalue weighted by molar-refractivity contribution is -0.136. The van der Waals surface area contributed by atoms with E-state index >= 15 is 0 Å². The highest BCUT2D eigenvalue weighted by Crippen LogP contribution is 2.34. The van der Waals surface area contributed by atoms with Crippen molar-refractivity contribution in [2.45, 2.75) is 31.6 Å². The molecule has 1 fully saturated rings. The van der Waals surface area contributed by atoms with Crippen molar-refractivity contribution in [2.75, 3.05) is 13.6 Å². The molecule has 0 saturated carbocycles. The molecular formula is C14H16F3N3O. The molecule has 1 unspecified atom stereocenters. The highest BCUT2D eigenvalue weighted by molar-refractivity contribution is 5.79. The fourth-order valence-corrected chi connectivity index (χ4v) is 3.04. The van der Waals surface area contributed by atoms with Crippen LogP contribution in [0, 0.1) is 0 Å². The smallest absolute Gasteiger partial charge is 0.306 e. The van der Waals surface area contributed by atoms with Gasteiger partial charge in [0.05, 0.1) is 16.6 Å². The zero-order chi connectivity index (χ0) is 15.2. The molecule has 0 radical (unpaired) electrons. The van der Waals surface area contributed by atoms with Crippen molar-refractivity contribution in [1.29, 1.82) is 0 Å². The third-order valence-electron chi connectivity index (χ3n) is 4.16. The van der Waals surface area contributed by atoms with Crippen LogP contribution in [-0.4, -0.2) is 34.1 Å². The lowest BCUT2D eigenvalue weighted by Crippen LogP contribution is -2.33. The first-order valence-corrected chi connectivity index (χ1v) is 6.87. The minimum atomic E-state index is -4.47. The van der Waals surface area contributed by atoms with Crippen LogP contribution in [0.4, 0.5) is 13.2 Å². The van der Waals surface area contributed by atoms with Crippen molar-refractivity contribution in [3.8, 4) is 0 Å². The number of alkyl halides is 3. The SMILES string of the molecule is CN1CCCC1Cn1c(=O)[nH]c2cccc(C(F)(F)F)c21. The molecule has 1 aromatic heterocycles. The van der Waals surface area contributed by atoms with Gasteiger partial charge in [-0.15, -0.1) is 0 Å². The Morgan fingerprint density at radius 3 is 2.76 bits per heavy atom. The summed E-state index contributed by atoms with van der Waals surface area (Å²) < 4.78 is 40.7. The van der Waals surface area contributed by atoms with Gasteiger partial charge in [-0.3, -0.25) is 4.57 Å². The summed E-state index contributed by atoms with van der Waals surface area (Å²) in [6.45, 7) is 1.19. The Balaban J connectivity index is 2.13. The van der Waals surface area contributed by atoms with E-state index in [4.69, 9.17) is 0 Å². The van der Waals surface area contributed by atoms with Gasteiger partial charge < -0.3 is 9.88 Å². The molecule has 0 bridgehead atoms. The predicted molar refractivity (Wildman–Crippen MR) is 73.2 cm³/mol. The van der Waals surface area contributed by atoms with Gasteiger partial charge in [-0.05, 0) is 38.6 Å². The second kappa shape index (κ2) is 4.91. The quantitative estimate of drug-likeness (QED) is 0.925. The van der Waals surface area contributed by atoms with Crippen LogP contribution >= 0.6 is 0 Å². The number of nitrogens with one attached hydrogen (secondary N) is 1. The van der Waals surface area contributed by atoms with Crippen LogP contribution in [0.25, 0.3) is 11.0 Å². The predicted octanol–water partition coefficient (Wildman–Crippen LogP) is 2.44. The summed E-state index contributed by atoms with van der Waals surface area (Å²) in [5.74, 6) is 0. The Morgan fingerprint density at radius 2 is 2.14 bits per heavy atom. The number of likely N-dealkylation sites (N-methyl/N-ethyl adjacent to an activating group) is 1. The molecule has 114 valence electrons. The molecule has 3 rings (SSSR count). The molecule has 1 saturated heterocycles. The van der Waals surface area contributed by atoms with Gasteiger partial charge in [0.15, 0.2) is 0 Å². The summed E-state index contributed by atoms with van der Waals surface area (Å²) in [5, 5.41) is 0. The number of likely N-dealkylation sites (tertiary alicyclic amines) is 1. The molecular weight excluding hydrogens is 283 g/mol. The van der Waals surface area contributed by atoms with Crippen molar-refractivity contribution >= 4 is 11.0 Å². The van der Waals surface area contributed by atoms with Crippen LogP contribution in [0.2, 0.25) is 0 Å². The van der Waals surface area contributed by atoms with E-state index in [2.05, 4.69) is 9.88 Å². The van der Waals surface area contributed by atoms with Crippen LogP contribution in [0.15, 0.2) is 23.0 Å². The van der Waals surface area contributed by atoms with E-state index in [9.17, 15) is 18.0 Å². The summed E-state index contributed by atoms with van der Waals surface area (Å²) >= 11 is 0. The van der Waals surface area contributed by atoms with Crippen LogP contribution < -0.4 is 5.69 Å². The third-order valence-corrected chi connectivity index (χ3v) is 4.16. The number of para-hydroxylation sites is 1. The van der Waals surface area contributed by atoms with Crippen molar-refractivity contribution < 1.29 is 13.2 Å². The summed E-state index contributed by atoms with van der Waals surface area (Å²) in [6.07, 6.45) is -2.58. The van der Waals surface area contributed by atoms with Crippen LogP contribution in [0.1, 0.15) is 18.4 Å². The van der Waals surface area contributed by atoms with Gasteiger partial charge in [-0.1, -0.05) is 6.07 Å². The molecule has 4 nitrogen and oxygen atoms in total. The van der Waals surface area contributed by atoms with Gasteiger partial charge in [0.2, 0.25) is 0 Å². The molecule has 1 N–H and O–H groups in total. The fraction of sp³-hybridized carbons (Fsp3) is 0.500. The molecule has 0 spiro atoms. The standard InChI is InChI=1S/C14H16F3N3O/c1-19-7-3-4-9(19)8-20-12-10(14(15,16)17)5-2-6-11(12)18-13(20)21/h2,5-6,9H,3-4,7-8H2,1H3,(H,18,21). The Hall–Kier alpha value is -1.76. The number of aromatic amines is 1. The molecule has 0 aliphatic carbocycles. The van der Waals surface area contributed by atoms with Gasteiger partial charge in [0.25, 0.3) is 0 Å². The zero-order valence-electron chi connectivity index (χ0n) is 11.6. The van der Waals surface area contributed by atoms with Crippen LogP contribution in [0.3, 0.4) is 0 Å². The maximum Gasteiger partial charge on any atom is 0.418 e. The van der Waals surface area contributed by atoms with Gasteiger partial charge in [-0.25, -0.2) is 4.79 Å². The van der Waals surface area contributed by atoms with Crippen molar-refractivity contribution in [2.24, 2.45) is 0 Å². The van der Waals surface area contributed by atoms with Crippen LogP contribution in [0.5, 0.6) is 0 Å². The Morgan fingerprint density at radius 1 is 1.38 bits per heavy atom. The average Bonchev–Trinajstić information content (AvgIpc) is 2.93. The van der Waals surface area contributed by atoms with Crippen LogP contribution in [-0.2, 0) is 12.7 Å². The Kier molecular flexibility index (Phi) is 3.32. The van der Waals surface area contributed by atoms with E-state index in [1.165, 1.54) is 16.7 Å². The average molecular weight is 299 g/mol. The second-order valence-electron chi connectivity index (χ2n) is 5.52. The number of hydrogen-bond donors (Lipinski definition) is 1. The van der Waals surface area contributed by atoms with Gasteiger partial charge in [0, 0.05) is 12.6 Å². The topological polar surface area (TPSA) is 41.0 Å². The summed E-state index contributed by atoms with van der Waals surface area (Å²) in [6, 6.07) is 3.93. The van der Waals surface area contributed by atoms with E-state index in [0.29, 0.717) is 0 Å². The molecule has 2 heterocycles. The molecule has 1 aliphatic heterocycles. The number of H-pyrrole nitrogens is 1. The number of fused-ring (bicyclic) bond motifs is 1. The molecule has 7 heteroatoms. The van der Waals surface area contributed by atoms with E-state index in [0.717, 1.165) is 25.5 Å². The Labute approximate surface area is 119 Å². The first-order valence-electron chi connectivity index (χ1n) is 6.87. The fourth-order valence-electron chi connectivity index (χ4n) is 3.04. The number of benzene rings is 1. The molecule has 1 aliphatic rings. The molecule has 1 atom stereocenters. The van der Waals surface area contributed by atoms with Gasteiger partial charge in [-0.2, -0.15) is 13.2 Å².